The zero-order valence-corrected chi connectivity index (χ0v) is 11.0. The van der Waals surface area contributed by atoms with E-state index < -0.39 is 0 Å². The van der Waals surface area contributed by atoms with Crippen molar-refractivity contribution in [2.45, 2.75) is 19.0 Å². The summed E-state index contributed by atoms with van der Waals surface area (Å²) < 4.78 is 5.19. The van der Waals surface area contributed by atoms with Crippen molar-refractivity contribution < 1.29 is 9.53 Å². The molecule has 0 bridgehead atoms. The van der Waals surface area contributed by atoms with Gasteiger partial charge in [0.15, 0.2) is 0 Å². The Morgan fingerprint density at radius 1 is 1.50 bits per heavy atom. The molecule has 4 nitrogen and oxygen atoms in total. The Hall–Kier alpha value is -1.10. The summed E-state index contributed by atoms with van der Waals surface area (Å²) in [7, 11) is 0. The molecule has 0 aliphatic carbocycles. The van der Waals surface area contributed by atoms with Crippen molar-refractivity contribution in [3.8, 4) is 0 Å². The number of halogens is 1. The minimum Gasteiger partial charge on any atom is -0.379 e. The van der Waals surface area contributed by atoms with Crippen LogP contribution in [0.4, 0.5) is 0 Å². The van der Waals surface area contributed by atoms with Crippen LogP contribution in [0.2, 0.25) is 5.02 Å². The predicted octanol–water partition coefficient (Wildman–Crippen LogP) is 1.49. The fraction of sp³-hybridized carbons (Fsp3) is 0.462. The molecule has 0 aromatic heterocycles. The summed E-state index contributed by atoms with van der Waals surface area (Å²) in [6, 6.07) is 7.11. The van der Waals surface area contributed by atoms with Gasteiger partial charge in [0.2, 0.25) is 5.91 Å². The third-order valence-corrected chi connectivity index (χ3v) is 3.54. The second kappa shape index (κ2) is 5.69. The van der Waals surface area contributed by atoms with E-state index in [1.807, 2.05) is 31.2 Å². The van der Waals surface area contributed by atoms with E-state index in [2.05, 4.69) is 5.32 Å². The predicted molar refractivity (Wildman–Crippen MR) is 70.3 cm³/mol. The highest BCUT2D eigenvalue weighted by Gasteiger charge is 2.32. The van der Waals surface area contributed by atoms with Crippen LogP contribution in [0.3, 0.4) is 0 Å². The first-order chi connectivity index (χ1) is 8.59. The van der Waals surface area contributed by atoms with Crippen LogP contribution in [-0.2, 0) is 9.53 Å². The zero-order chi connectivity index (χ0) is 13.1. The second-order valence-electron chi connectivity index (χ2n) is 4.56. The molecule has 1 aromatic rings. The molecule has 0 saturated carbocycles. The Bertz CT molecular complexity index is 439. The van der Waals surface area contributed by atoms with E-state index >= 15 is 0 Å². The maximum absolute atomic E-state index is 12.0. The Balaban J connectivity index is 2.01. The fourth-order valence-corrected chi connectivity index (χ4v) is 2.36. The van der Waals surface area contributed by atoms with Gasteiger partial charge in [-0.15, -0.1) is 0 Å². The molecule has 1 aliphatic rings. The largest absolute Gasteiger partial charge is 0.379 e. The van der Waals surface area contributed by atoms with Crippen molar-refractivity contribution in [3.63, 3.8) is 0 Å². The third kappa shape index (κ3) is 2.83. The Morgan fingerprint density at radius 3 is 2.83 bits per heavy atom. The number of benzene rings is 1. The van der Waals surface area contributed by atoms with Crippen LogP contribution in [0.5, 0.6) is 0 Å². The number of hydrogen-bond donors (Lipinski definition) is 2. The summed E-state index contributed by atoms with van der Waals surface area (Å²) in [5.74, 6) is -0.345. The summed E-state index contributed by atoms with van der Waals surface area (Å²) >= 11 is 6.09. The molecule has 98 valence electrons. The van der Waals surface area contributed by atoms with Crippen LogP contribution in [0.15, 0.2) is 24.3 Å². The van der Waals surface area contributed by atoms with Crippen LogP contribution in [0.25, 0.3) is 0 Å². The van der Waals surface area contributed by atoms with E-state index in [0.29, 0.717) is 18.2 Å². The lowest BCUT2D eigenvalue weighted by atomic mass is 10.0. The molecule has 1 heterocycles. The van der Waals surface area contributed by atoms with Crippen molar-refractivity contribution in [1.29, 1.82) is 0 Å². The van der Waals surface area contributed by atoms with E-state index in [0.717, 1.165) is 5.56 Å². The average Bonchev–Trinajstić information content (AvgIpc) is 2.76. The lowest BCUT2D eigenvalue weighted by Crippen LogP contribution is -2.41. The molecule has 0 radical (unpaired) electrons. The van der Waals surface area contributed by atoms with Crippen molar-refractivity contribution in [1.82, 2.24) is 5.32 Å². The number of hydrogen-bond acceptors (Lipinski definition) is 3. The summed E-state index contributed by atoms with van der Waals surface area (Å²) in [5.41, 5.74) is 6.72. The highest BCUT2D eigenvalue weighted by molar-refractivity contribution is 6.31. The van der Waals surface area contributed by atoms with E-state index in [1.165, 1.54) is 0 Å². The number of amides is 1. The smallest absolute Gasteiger partial charge is 0.227 e. The number of rotatable bonds is 3. The van der Waals surface area contributed by atoms with Crippen LogP contribution in [-0.4, -0.2) is 25.2 Å². The SMILES string of the molecule is C[C@@H](NC(=O)C1COCC1N)c1ccccc1Cl. The van der Waals surface area contributed by atoms with E-state index in [9.17, 15) is 4.79 Å². The first kappa shape index (κ1) is 13.3. The summed E-state index contributed by atoms with van der Waals surface area (Å²) in [6.45, 7) is 2.74. The first-order valence-corrected chi connectivity index (χ1v) is 6.35. The van der Waals surface area contributed by atoms with Crippen molar-refractivity contribution in [2.24, 2.45) is 11.7 Å². The van der Waals surface area contributed by atoms with Gasteiger partial charge in [0.05, 0.1) is 25.2 Å². The van der Waals surface area contributed by atoms with Gasteiger partial charge in [-0.1, -0.05) is 29.8 Å². The molecule has 1 aliphatic heterocycles. The molecular weight excluding hydrogens is 252 g/mol. The molecular formula is C13H17ClN2O2. The molecule has 18 heavy (non-hydrogen) atoms. The highest BCUT2D eigenvalue weighted by Crippen LogP contribution is 2.23. The maximum Gasteiger partial charge on any atom is 0.227 e. The molecule has 1 aromatic carbocycles. The number of nitrogens with two attached hydrogens (primary N) is 1. The van der Waals surface area contributed by atoms with Gasteiger partial charge in [0, 0.05) is 11.1 Å². The van der Waals surface area contributed by atoms with Gasteiger partial charge >= 0.3 is 0 Å². The lowest BCUT2D eigenvalue weighted by molar-refractivity contribution is -0.125. The van der Waals surface area contributed by atoms with Crippen molar-refractivity contribution in [3.05, 3.63) is 34.9 Å². The van der Waals surface area contributed by atoms with Gasteiger partial charge in [-0.05, 0) is 18.6 Å². The van der Waals surface area contributed by atoms with E-state index in [4.69, 9.17) is 22.1 Å². The molecule has 5 heteroatoms. The number of carbonyl (C=O) groups is 1. The quantitative estimate of drug-likeness (QED) is 0.873. The summed E-state index contributed by atoms with van der Waals surface area (Å²) in [6.07, 6.45) is 0. The summed E-state index contributed by atoms with van der Waals surface area (Å²) in [4.78, 5) is 12.0. The van der Waals surface area contributed by atoms with Gasteiger partial charge in [-0.25, -0.2) is 0 Å². The molecule has 3 N–H and O–H groups in total. The third-order valence-electron chi connectivity index (χ3n) is 3.19. The maximum atomic E-state index is 12.0. The van der Waals surface area contributed by atoms with Crippen LogP contribution < -0.4 is 11.1 Å². The monoisotopic (exact) mass is 268 g/mol. The molecule has 2 unspecified atom stereocenters. The van der Waals surface area contributed by atoms with Gasteiger partial charge in [0.25, 0.3) is 0 Å². The Kier molecular flexibility index (Phi) is 4.22. The zero-order valence-electron chi connectivity index (χ0n) is 10.2. The second-order valence-corrected chi connectivity index (χ2v) is 4.97. The van der Waals surface area contributed by atoms with E-state index in [1.54, 1.807) is 0 Å². The van der Waals surface area contributed by atoms with Crippen LogP contribution in [0.1, 0.15) is 18.5 Å². The van der Waals surface area contributed by atoms with Gasteiger partial charge in [-0.2, -0.15) is 0 Å². The molecule has 1 fully saturated rings. The van der Waals surface area contributed by atoms with Crippen molar-refractivity contribution in [2.75, 3.05) is 13.2 Å². The van der Waals surface area contributed by atoms with Gasteiger partial charge in [0.1, 0.15) is 0 Å². The summed E-state index contributed by atoms with van der Waals surface area (Å²) in [5, 5.41) is 3.58. The number of ether oxygens (including phenoxy) is 1. The number of carbonyl (C=O) groups excluding carboxylic acids is 1. The Labute approximate surface area is 111 Å². The molecule has 2 rings (SSSR count). The van der Waals surface area contributed by atoms with Crippen molar-refractivity contribution >= 4 is 17.5 Å². The standard InChI is InChI=1S/C13H17ClN2O2/c1-8(9-4-2-3-5-11(9)14)16-13(17)10-6-18-7-12(10)15/h2-5,8,10,12H,6-7,15H2,1H3,(H,16,17)/t8-,10?,12?/m1/s1. The topological polar surface area (TPSA) is 64.3 Å². The number of nitrogens with one attached hydrogen (secondary N) is 1. The highest BCUT2D eigenvalue weighted by atomic mass is 35.5. The minimum atomic E-state index is -0.269. The molecule has 0 spiro atoms. The van der Waals surface area contributed by atoms with Crippen LogP contribution in [0, 0.1) is 5.92 Å². The fourth-order valence-electron chi connectivity index (χ4n) is 2.07. The molecule has 1 saturated heterocycles. The Morgan fingerprint density at radius 2 is 2.22 bits per heavy atom. The average molecular weight is 269 g/mol. The van der Waals surface area contributed by atoms with Gasteiger partial charge in [-0.3, -0.25) is 4.79 Å². The normalized spacial score (nSPS) is 24.8. The lowest BCUT2D eigenvalue weighted by Gasteiger charge is -2.19. The molecule has 3 atom stereocenters. The first-order valence-electron chi connectivity index (χ1n) is 5.97. The molecule has 1 amide bonds. The van der Waals surface area contributed by atoms with E-state index in [-0.39, 0.29) is 23.9 Å². The van der Waals surface area contributed by atoms with Gasteiger partial charge < -0.3 is 15.8 Å². The minimum absolute atomic E-state index is 0.0765. The van der Waals surface area contributed by atoms with Crippen LogP contribution >= 0.6 is 11.6 Å².